The average Bonchev–Trinajstić information content (AvgIpc) is 2.29. The van der Waals surface area contributed by atoms with Gasteiger partial charge in [-0.1, -0.05) is 6.07 Å². The van der Waals surface area contributed by atoms with Gasteiger partial charge in [-0.05, 0) is 31.0 Å². The fourth-order valence-electron chi connectivity index (χ4n) is 1.54. The first-order valence-corrected chi connectivity index (χ1v) is 6.19. The number of methoxy groups -OCH3 is 1. The molecule has 0 aliphatic heterocycles. The van der Waals surface area contributed by atoms with Gasteiger partial charge in [-0.2, -0.15) is 0 Å². The number of phenolic OH excluding ortho intramolecular Hbond substituents is 1. The van der Waals surface area contributed by atoms with Gasteiger partial charge in [0.2, 0.25) is 0 Å². The number of hydrogen-bond donors (Lipinski definition) is 2. The van der Waals surface area contributed by atoms with Gasteiger partial charge in [0, 0.05) is 13.7 Å². The van der Waals surface area contributed by atoms with E-state index in [-0.39, 0.29) is 22.6 Å². The number of aromatic hydroxyl groups is 1. The van der Waals surface area contributed by atoms with Gasteiger partial charge in [0.15, 0.2) is 0 Å². The van der Waals surface area contributed by atoms with Crippen molar-refractivity contribution in [1.82, 2.24) is 5.32 Å². The smallest absolute Gasteiger partial charge is 0.255 e. The maximum absolute atomic E-state index is 11.8. The Morgan fingerprint density at radius 3 is 2.89 bits per heavy atom. The monoisotopic (exact) mass is 271 g/mol. The Morgan fingerprint density at radius 1 is 1.56 bits per heavy atom. The van der Waals surface area contributed by atoms with Crippen LogP contribution in [0.15, 0.2) is 18.2 Å². The Labute approximate surface area is 112 Å². The van der Waals surface area contributed by atoms with Gasteiger partial charge in [-0.15, -0.1) is 11.6 Å². The van der Waals surface area contributed by atoms with E-state index in [0.29, 0.717) is 19.6 Å². The third kappa shape index (κ3) is 4.55. The van der Waals surface area contributed by atoms with Crippen molar-refractivity contribution >= 4 is 17.5 Å². The maximum Gasteiger partial charge on any atom is 0.255 e. The minimum absolute atomic E-state index is 0.00758. The third-order valence-electron chi connectivity index (χ3n) is 2.49. The average molecular weight is 272 g/mol. The van der Waals surface area contributed by atoms with Crippen molar-refractivity contribution in [3.05, 3.63) is 29.3 Å². The number of alkyl halides is 1. The van der Waals surface area contributed by atoms with Gasteiger partial charge in [-0.3, -0.25) is 4.79 Å². The zero-order valence-corrected chi connectivity index (χ0v) is 11.3. The van der Waals surface area contributed by atoms with Crippen molar-refractivity contribution in [2.24, 2.45) is 0 Å². The van der Waals surface area contributed by atoms with Crippen LogP contribution in [0.25, 0.3) is 0 Å². The molecule has 0 aromatic heterocycles. The summed E-state index contributed by atoms with van der Waals surface area (Å²) in [5.41, 5.74) is 1.18. The predicted octanol–water partition coefficient (Wildman–Crippen LogP) is 2.07. The number of carbonyl (C=O) groups is 1. The lowest BCUT2D eigenvalue weighted by Gasteiger charge is -2.10. The van der Waals surface area contributed by atoms with Crippen LogP contribution in [-0.4, -0.2) is 36.7 Å². The van der Waals surface area contributed by atoms with Crippen LogP contribution in [-0.2, 0) is 4.74 Å². The summed E-state index contributed by atoms with van der Waals surface area (Å²) in [5.74, 6) is -0.305. The highest BCUT2D eigenvalue weighted by molar-refractivity contribution is 6.20. The van der Waals surface area contributed by atoms with Crippen molar-refractivity contribution in [1.29, 1.82) is 0 Å². The zero-order chi connectivity index (χ0) is 13.5. The van der Waals surface area contributed by atoms with Crippen molar-refractivity contribution in [3.8, 4) is 5.75 Å². The van der Waals surface area contributed by atoms with Gasteiger partial charge < -0.3 is 15.2 Å². The van der Waals surface area contributed by atoms with E-state index in [1.54, 1.807) is 25.3 Å². The molecule has 1 unspecified atom stereocenters. The minimum atomic E-state index is -0.297. The Hall–Kier alpha value is -1.26. The van der Waals surface area contributed by atoms with E-state index in [1.165, 1.54) is 0 Å². The normalized spacial score (nSPS) is 12.2. The molecule has 0 heterocycles. The van der Waals surface area contributed by atoms with E-state index in [4.69, 9.17) is 16.3 Å². The molecule has 0 bridgehead atoms. The lowest BCUT2D eigenvalue weighted by molar-refractivity contribution is 0.0949. The molecule has 0 fully saturated rings. The number of nitrogens with one attached hydrogen (secondary N) is 1. The first kappa shape index (κ1) is 14.8. The number of phenols is 1. The Kier molecular flexibility index (Phi) is 5.95. The van der Waals surface area contributed by atoms with E-state index in [2.05, 4.69) is 5.32 Å². The van der Waals surface area contributed by atoms with Crippen molar-refractivity contribution in [3.63, 3.8) is 0 Å². The molecule has 0 saturated carbocycles. The standard InChI is InChI=1S/C13H18ClNO3/c1-9-3-4-11(12(16)7-9)13(17)15-6-5-10(14)8-18-2/h3-4,7,10,16H,5-6,8H2,1-2H3,(H,15,17). The van der Waals surface area contributed by atoms with E-state index in [0.717, 1.165) is 5.56 Å². The lowest BCUT2D eigenvalue weighted by Crippen LogP contribution is -2.27. The second-order valence-corrected chi connectivity index (χ2v) is 4.74. The number of aryl methyl sites for hydroxylation is 1. The molecule has 1 aromatic carbocycles. The van der Waals surface area contributed by atoms with E-state index in [1.807, 2.05) is 6.92 Å². The van der Waals surface area contributed by atoms with Crippen LogP contribution in [0.1, 0.15) is 22.3 Å². The largest absolute Gasteiger partial charge is 0.507 e. The Balaban J connectivity index is 2.45. The van der Waals surface area contributed by atoms with Gasteiger partial charge >= 0.3 is 0 Å². The first-order chi connectivity index (χ1) is 8.54. The van der Waals surface area contributed by atoms with Crippen LogP contribution in [0.3, 0.4) is 0 Å². The molecule has 2 N–H and O–H groups in total. The minimum Gasteiger partial charge on any atom is -0.507 e. The van der Waals surface area contributed by atoms with Gasteiger partial charge in [-0.25, -0.2) is 0 Å². The third-order valence-corrected chi connectivity index (χ3v) is 2.83. The highest BCUT2D eigenvalue weighted by Gasteiger charge is 2.11. The fourth-order valence-corrected chi connectivity index (χ4v) is 1.77. The van der Waals surface area contributed by atoms with Crippen LogP contribution in [0, 0.1) is 6.92 Å². The first-order valence-electron chi connectivity index (χ1n) is 5.75. The summed E-state index contributed by atoms with van der Waals surface area (Å²) in [4.78, 5) is 11.8. The summed E-state index contributed by atoms with van der Waals surface area (Å²) in [5, 5.41) is 12.2. The Morgan fingerprint density at radius 2 is 2.28 bits per heavy atom. The van der Waals surface area contributed by atoms with Gasteiger partial charge in [0.1, 0.15) is 5.75 Å². The van der Waals surface area contributed by atoms with Gasteiger partial charge in [0.25, 0.3) is 5.91 Å². The molecule has 0 saturated heterocycles. The van der Waals surface area contributed by atoms with Crippen LogP contribution in [0.2, 0.25) is 0 Å². The highest BCUT2D eigenvalue weighted by Crippen LogP contribution is 2.18. The molecule has 1 rings (SSSR count). The molecule has 5 heteroatoms. The Bertz CT molecular complexity index is 409. The molecule has 100 valence electrons. The van der Waals surface area contributed by atoms with Gasteiger partial charge in [0.05, 0.1) is 17.5 Å². The molecule has 18 heavy (non-hydrogen) atoms. The van der Waals surface area contributed by atoms with E-state index in [9.17, 15) is 9.90 Å². The van der Waals surface area contributed by atoms with Crippen molar-refractivity contribution < 1.29 is 14.6 Å². The number of benzene rings is 1. The molecule has 0 aliphatic carbocycles. The lowest BCUT2D eigenvalue weighted by atomic mass is 10.1. The second-order valence-electron chi connectivity index (χ2n) is 4.12. The second kappa shape index (κ2) is 7.24. The quantitative estimate of drug-likeness (QED) is 0.779. The number of halogens is 1. The molecule has 0 spiro atoms. The van der Waals surface area contributed by atoms with Crippen LogP contribution >= 0.6 is 11.6 Å². The summed E-state index contributed by atoms with van der Waals surface area (Å²) in [6.07, 6.45) is 0.619. The topological polar surface area (TPSA) is 58.6 Å². The molecule has 1 atom stereocenters. The highest BCUT2D eigenvalue weighted by atomic mass is 35.5. The molecule has 1 aromatic rings. The number of carbonyl (C=O) groups excluding carboxylic acids is 1. The predicted molar refractivity (Wildman–Crippen MR) is 71.3 cm³/mol. The summed E-state index contributed by atoms with van der Waals surface area (Å²) in [6, 6.07) is 4.95. The van der Waals surface area contributed by atoms with Crippen LogP contribution < -0.4 is 5.32 Å². The van der Waals surface area contributed by atoms with Crippen molar-refractivity contribution in [2.45, 2.75) is 18.7 Å². The SMILES string of the molecule is COCC(Cl)CCNC(=O)c1ccc(C)cc1O. The molecule has 4 nitrogen and oxygen atoms in total. The van der Waals surface area contributed by atoms with Crippen molar-refractivity contribution in [2.75, 3.05) is 20.3 Å². The molecular formula is C13H18ClNO3. The number of rotatable bonds is 6. The summed E-state index contributed by atoms with van der Waals surface area (Å²) < 4.78 is 4.89. The summed E-state index contributed by atoms with van der Waals surface area (Å²) in [7, 11) is 1.58. The zero-order valence-electron chi connectivity index (χ0n) is 10.6. The number of hydrogen-bond acceptors (Lipinski definition) is 3. The number of amides is 1. The fraction of sp³-hybridized carbons (Fsp3) is 0.462. The van der Waals surface area contributed by atoms with E-state index >= 15 is 0 Å². The molecule has 0 aliphatic rings. The molecular weight excluding hydrogens is 254 g/mol. The molecule has 0 radical (unpaired) electrons. The summed E-state index contributed by atoms with van der Waals surface area (Å²) >= 11 is 5.94. The van der Waals surface area contributed by atoms with Crippen LogP contribution in [0.4, 0.5) is 0 Å². The van der Waals surface area contributed by atoms with Crippen LogP contribution in [0.5, 0.6) is 5.75 Å². The van der Waals surface area contributed by atoms with E-state index < -0.39 is 0 Å². The maximum atomic E-state index is 11.8. The summed E-state index contributed by atoms with van der Waals surface area (Å²) in [6.45, 7) is 2.75. The molecule has 1 amide bonds. The number of ether oxygens (including phenoxy) is 1.